The van der Waals surface area contributed by atoms with E-state index in [1.54, 1.807) is 24.3 Å². The molecule has 1 N–H and O–H groups in total. The van der Waals surface area contributed by atoms with E-state index in [1.165, 1.54) is 11.3 Å². The first-order valence-corrected chi connectivity index (χ1v) is 10.6. The number of hydrogen-bond acceptors (Lipinski definition) is 4. The quantitative estimate of drug-likeness (QED) is 0.663. The maximum absolute atomic E-state index is 12.7. The van der Waals surface area contributed by atoms with Gasteiger partial charge in [-0.15, -0.1) is 11.3 Å². The fourth-order valence-corrected chi connectivity index (χ4v) is 4.12. The number of nitrogens with one attached hydrogen (secondary N) is 1. The highest BCUT2D eigenvalue weighted by molar-refractivity contribution is 7.12. The lowest BCUT2D eigenvalue weighted by Crippen LogP contribution is -2.49. The second kappa shape index (κ2) is 8.68. The van der Waals surface area contributed by atoms with Gasteiger partial charge in [0.2, 0.25) is 0 Å². The minimum atomic E-state index is -0.107. The first-order chi connectivity index (χ1) is 14.1. The minimum Gasteiger partial charge on any atom is -0.366 e. The van der Waals surface area contributed by atoms with Gasteiger partial charge in [0.1, 0.15) is 0 Å². The predicted octanol–water partition coefficient (Wildman–Crippen LogP) is 4.62. The summed E-state index contributed by atoms with van der Waals surface area (Å²) in [4.78, 5) is 29.9. The van der Waals surface area contributed by atoms with Crippen molar-refractivity contribution in [2.75, 3.05) is 36.4 Å². The molecule has 0 atom stereocenters. The van der Waals surface area contributed by atoms with Crippen LogP contribution < -0.4 is 10.2 Å². The number of benzene rings is 2. The molecule has 1 fully saturated rings. The van der Waals surface area contributed by atoms with Crippen molar-refractivity contribution >= 4 is 46.1 Å². The Bertz CT molecular complexity index is 997. The van der Waals surface area contributed by atoms with Crippen LogP contribution in [-0.2, 0) is 0 Å². The van der Waals surface area contributed by atoms with Gasteiger partial charge in [-0.25, -0.2) is 0 Å². The molecule has 5 nitrogen and oxygen atoms in total. The Morgan fingerprint density at radius 1 is 0.897 bits per heavy atom. The van der Waals surface area contributed by atoms with Crippen LogP contribution in [0.2, 0.25) is 5.02 Å². The number of carbonyl (C=O) groups excluding carboxylic acids is 2. The topological polar surface area (TPSA) is 52.7 Å². The summed E-state index contributed by atoms with van der Waals surface area (Å²) in [5.41, 5.74) is 2.39. The van der Waals surface area contributed by atoms with Crippen LogP contribution in [0, 0.1) is 0 Å². The number of nitrogens with zero attached hydrogens (tertiary/aromatic N) is 2. The number of halogens is 1. The van der Waals surface area contributed by atoms with Crippen LogP contribution in [0.1, 0.15) is 20.0 Å². The van der Waals surface area contributed by atoms with Gasteiger partial charge in [0, 0.05) is 36.8 Å². The van der Waals surface area contributed by atoms with Gasteiger partial charge in [0.25, 0.3) is 11.8 Å². The maximum Gasteiger partial charge on any atom is 0.265 e. The Hall–Kier alpha value is -2.83. The summed E-state index contributed by atoms with van der Waals surface area (Å²) < 4.78 is 0. The van der Waals surface area contributed by atoms with Crippen molar-refractivity contribution in [1.82, 2.24) is 4.90 Å². The summed E-state index contributed by atoms with van der Waals surface area (Å²) in [7, 11) is 0. The van der Waals surface area contributed by atoms with Crippen molar-refractivity contribution in [3.63, 3.8) is 0 Å². The molecule has 0 aliphatic carbocycles. The van der Waals surface area contributed by atoms with Crippen LogP contribution in [0.3, 0.4) is 0 Å². The number of anilines is 2. The lowest BCUT2D eigenvalue weighted by atomic mass is 10.1. The van der Waals surface area contributed by atoms with E-state index in [-0.39, 0.29) is 11.8 Å². The maximum atomic E-state index is 12.7. The van der Waals surface area contributed by atoms with E-state index in [1.807, 2.05) is 46.7 Å². The Morgan fingerprint density at radius 2 is 1.62 bits per heavy atom. The largest absolute Gasteiger partial charge is 0.366 e. The Morgan fingerprint density at radius 3 is 2.31 bits per heavy atom. The molecule has 0 bridgehead atoms. The van der Waals surface area contributed by atoms with E-state index in [0.717, 1.165) is 11.4 Å². The SMILES string of the molecule is O=C(Nc1ccccc1N1CCN(C(=O)c2ccc(Cl)cc2)CC1)c1cccs1. The molecular weight excluding hydrogens is 406 g/mol. The zero-order valence-electron chi connectivity index (χ0n) is 15.7. The summed E-state index contributed by atoms with van der Waals surface area (Å²) in [5, 5.41) is 5.52. The lowest BCUT2D eigenvalue weighted by molar-refractivity contribution is 0.0746. The molecule has 0 unspecified atom stereocenters. The standard InChI is InChI=1S/C22H20ClN3O2S/c23-17-9-7-16(8-10-17)22(28)26-13-11-25(12-14-26)19-5-2-1-4-18(19)24-21(27)20-6-3-15-29-20/h1-10,15H,11-14H2,(H,24,27). The smallest absolute Gasteiger partial charge is 0.265 e. The highest BCUT2D eigenvalue weighted by Crippen LogP contribution is 2.28. The molecular formula is C22H20ClN3O2S. The van der Waals surface area contributed by atoms with E-state index in [4.69, 9.17) is 11.6 Å². The molecule has 29 heavy (non-hydrogen) atoms. The van der Waals surface area contributed by atoms with E-state index in [2.05, 4.69) is 10.2 Å². The molecule has 3 aromatic rings. The highest BCUT2D eigenvalue weighted by Gasteiger charge is 2.24. The molecule has 1 aromatic heterocycles. The van der Waals surface area contributed by atoms with Gasteiger partial charge in [-0.2, -0.15) is 0 Å². The highest BCUT2D eigenvalue weighted by atomic mass is 35.5. The molecule has 148 valence electrons. The number of carbonyl (C=O) groups is 2. The van der Waals surface area contributed by atoms with Crippen LogP contribution in [0.15, 0.2) is 66.0 Å². The first-order valence-electron chi connectivity index (χ1n) is 9.35. The van der Waals surface area contributed by atoms with Crippen LogP contribution in [0.25, 0.3) is 0 Å². The van der Waals surface area contributed by atoms with Crippen molar-refractivity contribution in [2.24, 2.45) is 0 Å². The van der Waals surface area contributed by atoms with Gasteiger partial charge in [-0.05, 0) is 47.8 Å². The van der Waals surface area contributed by atoms with Gasteiger partial charge in [0.15, 0.2) is 0 Å². The molecule has 1 saturated heterocycles. The molecule has 0 saturated carbocycles. The molecule has 2 heterocycles. The van der Waals surface area contributed by atoms with Crippen molar-refractivity contribution in [1.29, 1.82) is 0 Å². The van der Waals surface area contributed by atoms with Crippen LogP contribution in [0.4, 0.5) is 11.4 Å². The van der Waals surface area contributed by atoms with E-state index in [9.17, 15) is 9.59 Å². The van der Waals surface area contributed by atoms with Crippen molar-refractivity contribution in [2.45, 2.75) is 0 Å². The van der Waals surface area contributed by atoms with Gasteiger partial charge in [0.05, 0.1) is 16.3 Å². The molecule has 0 radical (unpaired) electrons. The Kier molecular flexibility index (Phi) is 5.83. The fourth-order valence-electron chi connectivity index (χ4n) is 3.37. The third-order valence-electron chi connectivity index (χ3n) is 4.90. The zero-order valence-corrected chi connectivity index (χ0v) is 17.2. The third-order valence-corrected chi connectivity index (χ3v) is 6.02. The van der Waals surface area contributed by atoms with Gasteiger partial charge < -0.3 is 15.1 Å². The number of rotatable bonds is 4. The number of piperazine rings is 1. The van der Waals surface area contributed by atoms with Crippen LogP contribution >= 0.6 is 22.9 Å². The van der Waals surface area contributed by atoms with Gasteiger partial charge >= 0.3 is 0 Å². The molecule has 2 aromatic carbocycles. The number of thiophene rings is 1. The average Bonchev–Trinajstić information content (AvgIpc) is 3.30. The molecule has 4 rings (SSSR count). The first kappa shape index (κ1) is 19.5. The fraction of sp³-hybridized carbons (Fsp3) is 0.182. The number of hydrogen-bond donors (Lipinski definition) is 1. The van der Waals surface area contributed by atoms with E-state index < -0.39 is 0 Å². The molecule has 7 heteroatoms. The van der Waals surface area contributed by atoms with Crippen LogP contribution in [-0.4, -0.2) is 42.9 Å². The minimum absolute atomic E-state index is 0.0144. The van der Waals surface area contributed by atoms with E-state index >= 15 is 0 Å². The van der Waals surface area contributed by atoms with E-state index in [0.29, 0.717) is 41.6 Å². The number of para-hydroxylation sites is 2. The molecule has 1 aliphatic heterocycles. The van der Waals surface area contributed by atoms with Gasteiger partial charge in [-0.1, -0.05) is 29.8 Å². The summed E-state index contributed by atoms with van der Waals surface area (Å²) in [6.07, 6.45) is 0. The Balaban J connectivity index is 1.43. The van der Waals surface area contributed by atoms with Crippen molar-refractivity contribution in [3.8, 4) is 0 Å². The van der Waals surface area contributed by atoms with Crippen molar-refractivity contribution < 1.29 is 9.59 Å². The second-order valence-electron chi connectivity index (χ2n) is 6.73. The lowest BCUT2D eigenvalue weighted by Gasteiger charge is -2.37. The predicted molar refractivity (Wildman–Crippen MR) is 118 cm³/mol. The Labute approximate surface area is 178 Å². The molecule has 0 spiro atoms. The van der Waals surface area contributed by atoms with Gasteiger partial charge in [-0.3, -0.25) is 9.59 Å². The molecule has 1 aliphatic rings. The summed E-state index contributed by atoms with van der Waals surface area (Å²) in [6, 6.07) is 18.4. The average molecular weight is 426 g/mol. The summed E-state index contributed by atoms with van der Waals surface area (Å²) in [6.45, 7) is 2.64. The zero-order chi connectivity index (χ0) is 20.2. The normalized spacial score (nSPS) is 14.0. The van der Waals surface area contributed by atoms with Crippen molar-refractivity contribution in [3.05, 3.63) is 81.5 Å². The monoisotopic (exact) mass is 425 g/mol. The summed E-state index contributed by atoms with van der Waals surface area (Å²) >= 11 is 7.33. The third kappa shape index (κ3) is 4.44. The molecule has 2 amide bonds. The summed E-state index contributed by atoms with van der Waals surface area (Å²) in [5.74, 6) is -0.0930. The second-order valence-corrected chi connectivity index (χ2v) is 8.12. The number of amides is 2. The van der Waals surface area contributed by atoms with Crippen LogP contribution in [0.5, 0.6) is 0 Å².